The average Bonchev–Trinajstić information content (AvgIpc) is 2.82. The number of nitrogens with zero attached hydrogens (tertiary/aromatic N) is 2. The fourth-order valence-electron chi connectivity index (χ4n) is 1.50. The number of phenols is 1. The fraction of sp³-hybridized carbons (Fsp3) is 0.333. The molecule has 0 atom stereocenters. The first-order valence-electron chi connectivity index (χ1n) is 5.81. The fourth-order valence-corrected chi connectivity index (χ4v) is 1.50. The number of alkyl halides is 3. The molecule has 0 fully saturated rings. The van der Waals surface area contributed by atoms with E-state index in [2.05, 4.69) is 14.9 Å². The van der Waals surface area contributed by atoms with Crippen LogP contribution in [-0.4, -0.2) is 34.6 Å². The van der Waals surface area contributed by atoms with Gasteiger partial charge < -0.3 is 14.4 Å². The molecule has 2 rings (SSSR count). The third kappa shape index (κ3) is 4.42. The SMILES string of the molecule is Oc1cc(F)ccc1-c1nc(CCOCC(F)(F)F)no1. The molecule has 0 aliphatic carbocycles. The van der Waals surface area contributed by atoms with E-state index in [1.54, 1.807) is 0 Å². The highest BCUT2D eigenvalue weighted by Gasteiger charge is 2.27. The summed E-state index contributed by atoms with van der Waals surface area (Å²) in [5, 5.41) is 13.1. The Labute approximate surface area is 116 Å². The summed E-state index contributed by atoms with van der Waals surface area (Å²) < 4.78 is 57.6. The summed E-state index contributed by atoms with van der Waals surface area (Å²) >= 11 is 0. The van der Waals surface area contributed by atoms with Crippen LogP contribution in [0.4, 0.5) is 17.6 Å². The van der Waals surface area contributed by atoms with Crippen LogP contribution in [0.3, 0.4) is 0 Å². The third-order valence-electron chi connectivity index (χ3n) is 2.39. The standard InChI is InChI=1S/C12H10F4N2O3/c13-7-1-2-8(9(19)5-7)11-17-10(18-21-11)3-4-20-6-12(14,15)16/h1-2,5,19H,3-4,6H2. The summed E-state index contributed by atoms with van der Waals surface area (Å²) in [4.78, 5) is 3.88. The Kier molecular flexibility index (Phi) is 4.41. The largest absolute Gasteiger partial charge is 0.507 e. The van der Waals surface area contributed by atoms with E-state index in [9.17, 15) is 22.7 Å². The summed E-state index contributed by atoms with van der Waals surface area (Å²) in [6.07, 6.45) is -4.37. The van der Waals surface area contributed by atoms with Crippen LogP contribution >= 0.6 is 0 Å². The van der Waals surface area contributed by atoms with Crippen molar-refractivity contribution in [3.63, 3.8) is 0 Å². The van der Waals surface area contributed by atoms with Gasteiger partial charge in [0.15, 0.2) is 5.82 Å². The molecule has 0 aliphatic heterocycles. The molecule has 0 saturated carbocycles. The van der Waals surface area contributed by atoms with Gasteiger partial charge >= 0.3 is 6.18 Å². The zero-order valence-corrected chi connectivity index (χ0v) is 10.5. The Balaban J connectivity index is 1.95. The molecule has 1 heterocycles. The molecule has 1 N–H and O–H groups in total. The lowest BCUT2D eigenvalue weighted by Crippen LogP contribution is -2.18. The molecule has 0 saturated heterocycles. The zero-order valence-electron chi connectivity index (χ0n) is 10.5. The molecule has 0 bridgehead atoms. The Hall–Kier alpha value is -2.16. The molecular formula is C12H10F4N2O3. The van der Waals surface area contributed by atoms with Crippen molar-refractivity contribution >= 4 is 0 Å². The van der Waals surface area contributed by atoms with Crippen LogP contribution in [-0.2, 0) is 11.2 Å². The minimum atomic E-state index is -4.39. The highest BCUT2D eigenvalue weighted by atomic mass is 19.4. The highest BCUT2D eigenvalue weighted by Crippen LogP contribution is 2.28. The van der Waals surface area contributed by atoms with Gasteiger partial charge in [0.2, 0.25) is 0 Å². The van der Waals surface area contributed by atoms with Crippen molar-refractivity contribution in [1.29, 1.82) is 0 Å². The minimum absolute atomic E-state index is 0.0154. The molecule has 9 heteroatoms. The monoisotopic (exact) mass is 306 g/mol. The molecule has 2 aromatic rings. The number of hydrogen-bond donors (Lipinski definition) is 1. The lowest BCUT2D eigenvalue weighted by molar-refractivity contribution is -0.173. The number of halogens is 4. The number of benzene rings is 1. The van der Waals surface area contributed by atoms with Gasteiger partial charge in [0.05, 0.1) is 12.2 Å². The van der Waals surface area contributed by atoms with E-state index in [-0.39, 0.29) is 36.1 Å². The first-order valence-corrected chi connectivity index (χ1v) is 5.81. The van der Waals surface area contributed by atoms with E-state index in [1.165, 1.54) is 6.07 Å². The van der Waals surface area contributed by atoms with E-state index in [0.29, 0.717) is 0 Å². The molecular weight excluding hydrogens is 296 g/mol. The summed E-state index contributed by atoms with van der Waals surface area (Å²) in [5.41, 5.74) is 0.131. The number of aromatic nitrogens is 2. The van der Waals surface area contributed by atoms with Crippen molar-refractivity contribution < 1.29 is 31.9 Å². The Morgan fingerprint density at radius 1 is 1.29 bits per heavy atom. The number of aromatic hydroxyl groups is 1. The second-order valence-corrected chi connectivity index (χ2v) is 4.09. The van der Waals surface area contributed by atoms with Gasteiger partial charge in [-0.1, -0.05) is 5.16 Å². The zero-order chi connectivity index (χ0) is 15.5. The van der Waals surface area contributed by atoms with Crippen LogP contribution in [0.15, 0.2) is 22.7 Å². The maximum absolute atomic E-state index is 12.8. The first-order chi connectivity index (χ1) is 9.85. The van der Waals surface area contributed by atoms with Crippen LogP contribution in [0.1, 0.15) is 5.82 Å². The van der Waals surface area contributed by atoms with E-state index in [0.717, 1.165) is 12.1 Å². The van der Waals surface area contributed by atoms with Crippen molar-refractivity contribution in [2.45, 2.75) is 12.6 Å². The second kappa shape index (κ2) is 6.08. The minimum Gasteiger partial charge on any atom is -0.507 e. The van der Waals surface area contributed by atoms with Gasteiger partial charge in [-0.25, -0.2) is 4.39 Å². The Morgan fingerprint density at radius 3 is 2.71 bits per heavy atom. The molecule has 21 heavy (non-hydrogen) atoms. The maximum Gasteiger partial charge on any atom is 0.411 e. The van der Waals surface area contributed by atoms with E-state index < -0.39 is 18.6 Å². The highest BCUT2D eigenvalue weighted by molar-refractivity contribution is 5.61. The van der Waals surface area contributed by atoms with Gasteiger partial charge in [-0.05, 0) is 12.1 Å². The van der Waals surface area contributed by atoms with Crippen LogP contribution in [0.5, 0.6) is 5.75 Å². The van der Waals surface area contributed by atoms with Crippen molar-refractivity contribution in [2.24, 2.45) is 0 Å². The molecule has 5 nitrogen and oxygen atoms in total. The lowest BCUT2D eigenvalue weighted by atomic mass is 10.2. The molecule has 0 radical (unpaired) electrons. The van der Waals surface area contributed by atoms with Gasteiger partial charge in [-0.15, -0.1) is 0 Å². The van der Waals surface area contributed by atoms with Crippen molar-refractivity contribution in [1.82, 2.24) is 10.1 Å². The Bertz CT molecular complexity index is 613. The number of hydrogen-bond acceptors (Lipinski definition) is 5. The average molecular weight is 306 g/mol. The van der Waals surface area contributed by atoms with Crippen LogP contribution in [0.2, 0.25) is 0 Å². The summed E-state index contributed by atoms with van der Waals surface area (Å²) in [7, 11) is 0. The van der Waals surface area contributed by atoms with E-state index >= 15 is 0 Å². The Morgan fingerprint density at radius 2 is 2.05 bits per heavy atom. The van der Waals surface area contributed by atoms with Crippen LogP contribution < -0.4 is 0 Å². The normalized spacial score (nSPS) is 11.8. The van der Waals surface area contributed by atoms with Gasteiger partial charge in [-0.3, -0.25) is 0 Å². The van der Waals surface area contributed by atoms with Gasteiger partial charge in [0.25, 0.3) is 5.89 Å². The third-order valence-corrected chi connectivity index (χ3v) is 2.39. The van der Waals surface area contributed by atoms with E-state index in [1.807, 2.05) is 0 Å². The second-order valence-electron chi connectivity index (χ2n) is 4.09. The molecule has 1 aromatic heterocycles. The summed E-state index contributed by atoms with van der Waals surface area (Å²) in [5.74, 6) is -0.940. The summed E-state index contributed by atoms with van der Waals surface area (Å²) in [6.45, 7) is -1.58. The number of ether oxygens (including phenoxy) is 1. The van der Waals surface area contributed by atoms with Crippen molar-refractivity contribution in [3.8, 4) is 17.2 Å². The molecule has 114 valence electrons. The quantitative estimate of drug-likeness (QED) is 0.679. The number of rotatable bonds is 5. The number of phenolic OH excluding ortho intramolecular Hbond substituents is 1. The summed E-state index contributed by atoms with van der Waals surface area (Å²) in [6, 6.07) is 3.24. The first kappa shape index (κ1) is 15.2. The van der Waals surface area contributed by atoms with Crippen LogP contribution in [0, 0.1) is 5.82 Å². The van der Waals surface area contributed by atoms with Gasteiger partial charge in [-0.2, -0.15) is 18.2 Å². The van der Waals surface area contributed by atoms with Crippen molar-refractivity contribution in [2.75, 3.05) is 13.2 Å². The lowest BCUT2D eigenvalue weighted by Gasteiger charge is -2.05. The van der Waals surface area contributed by atoms with E-state index in [4.69, 9.17) is 4.52 Å². The molecule has 0 spiro atoms. The van der Waals surface area contributed by atoms with Crippen molar-refractivity contribution in [3.05, 3.63) is 29.8 Å². The predicted octanol–water partition coefficient (Wildman–Crippen LogP) is 2.70. The molecule has 0 unspecified atom stereocenters. The maximum atomic E-state index is 12.8. The van der Waals surface area contributed by atoms with Gasteiger partial charge in [0.1, 0.15) is 18.2 Å². The molecule has 0 aliphatic rings. The van der Waals surface area contributed by atoms with Gasteiger partial charge in [0, 0.05) is 12.5 Å². The van der Waals surface area contributed by atoms with Crippen LogP contribution in [0.25, 0.3) is 11.5 Å². The predicted molar refractivity (Wildman–Crippen MR) is 61.9 cm³/mol. The molecule has 0 amide bonds. The molecule has 1 aromatic carbocycles. The smallest absolute Gasteiger partial charge is 0.411 e. The topological polar surface area (TPSA) is 68.4 Å².